The van der Waals surface area contributed by atoms with E-state index < -0.39 is 17.7 Å². The van der Waals surface area contributed by atoms with Crippen molar-refractivity contribution in [2.45, 2.75) is 19.9 Å². The van der Waals surface area contributed by atoms with Gasteiger partial charge < -0.3 is 24.4 Å². The predicted molar refractivity (Wildman–Crippen MR) is 135 cm³/mol. The first-order valence-corrected chi connectivity index (χ1v) is 11.5. The van der Waals surface area contributed by atoms with Gasteiger partial charge in [0.05, 0.1) is 31.9 Å². The second-order valence-corrected chi connectivity index (χ2v) is 7.98. The summed E-state index contributed by atoms with van der Waals surface area (Å²) in [5.74, 6) is -0.599. The molecule has 1 saturated heterocycles. The van der Waals surface area contributed by atoms with Gasteiger partial charge in [0.15, 0.2) is 11.5 Å². The van der Waals surface area contributed by atoms with Crippen LogP contribution in [0.5, 0.6) is 23.0 Å². The zero-order valence-electron chi connectivity index (χ0n) is 20.2. The minimum Gasteiger partial charge on any atom is -0.507 e. The zero-order chi connectivity index (χ0) is 25.8. The maximum Gasteiger partial charge on any atom is 0.300 e. The number of ether oxygens (including phenoxy) is 3. The van der Waals surface area contributed by atoms with E-state index in [0.717, 1.165) is 0 Å². The number of Topliss-reactive ketones (excluding diaryl/α,β-unsaturated/α-hetero) is 1. The van der Waals surface area contributed by atoms with Crippen molar-refractivity contribution in [2.75, 3.05) is 25.2 Å². The van der Waals surface area contributed by atoms with Crippen LogP contribution in [0.4, 0.5) is 5.69 Å². The van der Waals surface area contributed by atoms with E-state index in [1.807, 2.05) is 6.92 Å². The van der Waals surface area contributed by atoms with Crippen molar-refractivity contribution < 1.29 is 34.0 Å². The summed E-state index contributed by atoms with van der Waals surface area (Å²) < 4.78 is 16.2. The van der Waals surface area contributed by atoms with Crippen molar-refractivity contribution >= 4 is 23.1 Å². The number of anilines is 1. The van der Waals surface area contributed by atoms with Gasteiger partial charge in [0.25, 0.3) is 11.7 Å². The molecule has 1 amide bonds. The predicted octanol–water partition coefficient (Wildman–Crippen LogP) is 4.82. The van der Waals surface area contributed by atoms with Crippen molar-refractivity contribution in [1.82, 2.24) is 0 Å². The van der Waals surface area contributed by atoms with Crippen LogP contribution in [0.15, 0.2) is 72.3 Å². The quantitative estimate of drug-likeness (QED) is 0.265. The van der Waals surface area contributed by atoms with Crippen LogP contribution in [0.25, 0.3) is 5.76 Å². The number of hydrogen-bond acceptors (Lipinski definition) is 7. The van der Waals surface area contributed by atoms with Crippen molar-refractivity contribution in [1.29, 1.82) is 0 Å². The zero-order valence-corrected chi connectivity index (χ0v) is 20.2. The number of carbonyl (C=O) groups is 2. The number of ketones is 1. The average molecular weight is 490 g/mol. The molecule has 1 unspecified atom stereocenters. The van der Waals surface area contributed by atoms with Crippen LogP contribution in [-0.2, 0) is 9.59 Å². The lowest BCUT2D eigenvalue weighted by atomic mass is 9.94. The normalized spacial score (nSPS) is 16.8. The largest absolute Gasteiger partial charge is 0.507 e. The number of hydrogen-bond donors (Lipinski definition) is 2. The van der Waals surface area contributed by atoms with Crippen molar-refractivity contribution in [3.05, 3.63) is 83.4 Å². The molecule has 0 aromatic heterocycles. The van der Waals surface area contributed by atoms with E-state index in [1.165, 1.54) is 18.1 Å². The monoisotopic (exact) mass is 489 g/mol. The second-order valence-electron chi connectivity index (χ2n) is 7.98. The van der Waals surface area contributed by atoms with E-state index in [-0.39, 0.29) is 22.8 Å². The van der Waals surface area contributed by atoms with Crippen LogP contribution < -0.4 is 19.1 Å². The number of nitrogens with zero attached hydrogens (tertiary/aromatic N) is 1. The van der Waals surface area contributed by atoms with Gasteiger partial charge in [-0.05, 0) is 80.1 Å². The summed E-state index contributed by atoms with van der Waals surface area (Å²) in [7, 11) is 1.53. The summed E-state index contributed by atoms with van der Waals surface area (Å²) in [6.07, 6.45) is 0. The molecule has 1 heterocycles. The number of carbonyl (C=O) groups excluding carboxylic acids is 2. The molecule has 1 aliphatic rings. The summed E-state index contributed by atoms with van der Waals surface area (Å²) in [5.41, 5.74) is 1.21. The van der Waals surface area contributed by atoms with Crippen LogP contribution >= 0.6 is 0 Å². The van der Waals surface area contributed by atoms with Gasteiger partial charge >= 0.3 is 0 Å². The Morgan fingerprint density at radius 2 is 1.53 bits per heavy atom. The molecule has 36 heavy (non-hydrogen) atoms. The minimum absolute atomic E-state index is 0.0752. The molecule has 0 spiro atoms. The summed E-state index contributed by atoms with van der Waals surface area (Å²) in [5, 5.41) is 21.5. The lowest BCUT2D eigenvalue weighted by Gasteiger charge is -2.26. The number of phenolic OH excluding ortho intramolecular Hbond substituents is 1. The third kappa shape index (κ3) is 4.57. The molecule has 1 atom stereocenters. The van der Waals surface area contributed by atoms with Crippen LogP contribution in [0.1, 0.15) is 31.0 Å². The highest BCUT2D eigenvalue weighted by molar-refractivity contribution is 6.51. The third-order valence-corrected chi connectivity index (χ3v) is 5.83. The topological polar surface area (TPSA) is 106 Å². The molecule has 186 valence electrons. The van der Waals surface area contributed by atoms with Gasteiger partial charge in [-0.15, -0.1) is 0 Å². The summed E-state index contributed by atoms with van der Waals surface area (Å²) in [6, 6.07) is 16.9. The molecule has 1 fully saturated rings. The first-order valence-electron chi connectivity index (χ1n) is 11.5. The lowest BCUT2D eigenvalue weighted by molar-refractivity contribution is -0.132. The van der Waals surface area contributed by atoms with Gasteiger partial charge in [-0.3, -0.25) is 14.5 Å². The fraction of sp³-hybridized carbons (Fsp3) is 0.214. The van der Waals surface area contributed by atoms with Crippen LogP contribution in [0, 0.1) is 0 Å². The number of aliphatic hydroxyl groups excluding tert-OH is 1. The molecule has 0 saturated carbocycles. The van der Waals surface area contributed by atoms with Gasteiger partial charge in [-0.1, -0.05) is 6.07 Å². The smallest absolute Gasteiger partial charge is 0.300 e. The van der Waals surface area contributed by atoms with Gasteiger partial charge in [-0.25, -0.2) is 0 Å². The number of aliphatic hydroxyl groups is 1. The standard InChI is InChI=1S/C28H27NO7/c1-4-35-21-13-9-19(10-14-21)29-25(18-8-15-22(30)23(16-18)36-5-2)24(27(32)28(29)33)26(31)17-6-11-20(34-3)12-7-17/h6-16,25,30-31H,4-5H2,1-3H3/b26-24-. The maximum absolute atomic E-state index is 13.3. The van der Waals surface area contributed by atoms with E-state index in [1.54, 1.807) is 67.6 Å². The number of benzene rings is 3. The van der Waals surface area contributed by atoms with E-state index in [2.05, 4.69) is 0 Å². The van der Waals surface area contributed by atoms with Crippen molar-refractivity contribution in [3.8, 4) is 23.0 Å². The van der Waals surface area contributed by atoms with Crippen molar-refractivity contribution in [2.24, 2.45) is 0 Å². The number of amides is 1. The summed E-state index contributed by atoms with van der Waals surface area (Å²) in [6.45, 7) is 4.44. The number of rotatable bonds is 8. The number of methoxy groups -OCH3 is 1. The van der Waals surface area contributed by atoms with Crippen LogP contribution in [0.2, 0.25) is 0 Å². The molecule has 3 aromatic carbocycles. The Balaban J connectivity index is 1.90. The summed E-state index contributed by atoms with van der Waals surface area (Å²) in [4.78, 5) is 28.0. The van der Waals surface area contributed by atoms with E-state index in [4.69, 9.17) is 14.2 Å². The summed E-state index contributed by atoms with van der Waals surface area (Å²) >= 11 is 0. The van der Waals surface area contributed by atoms with E-state index >= 15 is 0 Å². The molecular formula is C28H27NO7. The number of phenols is 1. The average Bonchev–Trinajstić information content (AvgIpc) is 3.16. The molecule has 0 radical (unpaired) electrons. The van der Waals surface area contributed by atoms with Crippen LogP contribution in [-0.4, -0.2) is 42.2 Å². The highest BCUT2D eigenvalue weighted by Crippen LogP contribution is 2.44. The molecule has 1 aliphatic heterocycles. The molecule has 0 aliphatic carbocycles. The third-order valence-electron chi connectivity index (χ3n) is 5.83. The van der Waals surface area contributed by atoms with E-state index in [9.17, 15) is 19.8 Å². The lowest BCUT2D eigenvalue weighted by Crippen LogP contribution is -2.29. The highest BCUT2D eigenvalue weighted by Gasteiger charge is 2.47. The Bertz CT molecular complexity index is 1300. The van der Waals surface area contributed by atoms with Gasteiger partial charge in [-0.2, -0.15) is 0 Å². The highest BCUT2D eigenvalue weighted by atomic mass is 16.5. The van der Waals surface area contributed by atoms with Gasteiger partial charge in [0, 0.05) is 11.3 Å². The molecule has 4 rings (SSSR count). The first kappa shape index (κ1) is 24.7. The Labute approximate surface area is 209 Å². The molecule has 0 bridgehead atoms. The first-order chi connectivity index (χ1) is 17.4. The maximum atomic E-state index is 13.3. The van der Waals surface area contributed by atoms with Gasteiger partial charge in [0.1, 0.15) is 17.3 Å². The Morgan fingerprint density at radius 1 is 0.889 bits per heavy atom. The SMILES string of the molecule is CCOc1ccc(N2C(=O)C(=O)/C(=C(\O)c3ccc(OC)cc3)C2c2ccc(O)c(OCC)c2)cc1. The van der Waals surface area contributed by atoms with Gasteiger partial charge in [0.2, 0.25) is 0 Å². The van der Waals surface area contributed by atoms with Crippen molar-refractivity contribution in [3.63, 3.8) is 0 Å². The Kier molecular flexibility index (Phi) is 7.15. The Morgan fingerprint density at radius 3 is 2.14 bits per heavy atom. The second kappa shape index (κ2) is 10.4. The number of aromatic hydroxyl groups is 1. The Hall–Kier alpha value is -4.46. The van der Waals surface area contributed by atoms with E-state index in [0.29, 0.717) is 41.5 Å². The molecule has 8 heteroatoms. The molecule has 3 aromatic rings. The molecule has 2 N–H and O–H groups in total. The molecular weight excluding hydrogens is 462 g/mol. The minimum atomic E-state index is -0.968. The molecule has 8 nitrogen and oxygen atoms in total. The fourth-order valence-corrected chi connectivity index (χ4v) is 4.16. The fourth-order valence-electron chi connectivity index (χ4n) is 4.16. The van der Waals surface area contributed by atoms with Crippen LogP contribution in [0.3, 0.4) is 0 Å².